The summed E-state index contributed by atoms with van der Waals surface area (Å²) in [5, 5.41) is 0. The number of benzene rings is 1. The molecule has 0 aliphatic rings. The van der Waals surface area contributed by atoms with Crippen molar-refractivity contribution in [2.75, 3.05) is 0 Å². The summed E-state index contributed by atoms with van der Waals surface area (Å²) in [6.07, 6.45) is 2.87. The predicted octanol–water partition coefficient (Wildman–Crippen LogP) is 0.994. The standard InChI is InChI=1S/C10H11N3O2S/c11-5-8-1-3-9(4-2-8)10-6-12-7-13(10)16(14)15/h1-4,6-7H,5,11H2,(H,14,15). The monoisotopic (exact) mass is 237 g/mol. The highest BCUT2D eigenvalue weighted by atomic mass is 32.2. The van der Waals surface area contributed by atoms with Crippen molar-refractivity contribution in [1.29, 1.82) is 0 Å². The van der Waals surface area contributed by atoms with Gasteiger partial charge in [-0.25, -0.2) is 13.2 Å². The quantitative estimate of drug-likeness (QED) is 0.780. The van der Waals surface area contributed by atoms with Crippen molar-refractivity contribution in [2.45, 2.75) is 6.54 Å². The molecule has 0 aliphatic heterocycles. The van der Waals surface area contributed by atoms with Gasteiger partial charge in [-0.05, 0) is 5.56 Å². The minimum absolute atomic E-state index is 0.478. The maximum absolute atomic E-state index is 11.0. The number of nitrogens with two attached hydrogens (primary N) is 1. The van der Waals surface area contributed by atoms with Gasteiger partial charge >= 0.3 is 0 Å². The summed E-state index contributed by atoms with van der Waals surface area (Å²) in [5.74, 6) is 0. The van der Waals surface area contributed by atoms with Crippen LogP contribution in [-0.2, 0) is 17.8 Å². The SMILES string of the molecule is NCc1ccc(-c2cncn2S(=O)O)cc1. The molecule has 0 saturated heterocycles. The van der Waals surface area contributed by atoms with Crippen LogP contribution in [0.2, 0.25) is 0 Å². The van der Waals surface area contributed by atoms with E-state index in [2.05, 4.69) is 4.98 Å². The molecule has 0 amide bonds. The highest BCUT2D eigenvalue weighted by molar-refractivity contribution is 7.77. The number of hydrogen-bond acceptors (Lipinski definition) is 3. The first-order chi connectivity index (χ1) is 7.72. The van der Waals surface area contributed by atoms with E-state index < -0.39 is 11.3 Å². The molecule has 1 atom stereocenters. The highest BCUT2D eigenvalue weighted by Crippen LogP contribution is 2.19. The van der Waals surface area contributed by atoms with E-state index in [0.29, 0.717) is 12.2 Å². The van der Waals surface area contributed by atoms with Crippen LogP contribution in [0.15, 0.2) is 36.8 Å². The number of rotatable bonds is 3. The Labute approximate surface area is 95.3 Å². The zero-order valence-corrected chi connectivity index (χ0v) is 9.22. The molecule has 0 aliphatic carbocycles. The zero-order chi connectivity index (χ0) is 11.5. The summed E-state index contributed by atoms with van der Waals surface area (Å²) in [4.78, 5) is 3.85. The fourth-order valence-electron chi connectivity index (χ4n) is 1.42. The number of aromatic nitrogens is 2. The van der Waals surface area contributed by atoms with Crippen molar-refractivity contribution in [3.05, 3.63) is 42.4 Å². The molecule has 0 fully saturated rings. The van der Waals surface area contributed by atoms with E-state index >= 15 is 0 Å². The molecule has 1 aromatic heterocycles. The summed E-state index contributed by atoms with van der Waals surface area (Å²) in [6.45, 7) is 0.478. The average molecular weight is 237 g/mol. The maximum atomic E-state index is 11.0. The topological polar surface area (TPSA) is 81.1 Å². The Morgan fingerprint density at radius 3 is 2.62 bits per heavy atom. The lowest BCUT2D eigenvalue weighted by atomic mass is 10.1. The first kappa shape index (κ1) is 11.0. The fourth-order valence-corrected chi connectivity index (χ4v) is 1.88. The lowest BCUT2D eigenvalue weighted by Gasteiger charge is -2.04. The van der Waals surface area contributed by atoms with Crippen molar-refractivity contribution in [3.8, 4) is 11.3 Å². The molecule has 0 spiro atoms. The first-order valence-corrected chi connectivity index (χ1v) is 5.72. The van der Waals surface area contributed by atoms with Crippen LogP contribution in [0.5, 0.6) is 0 Å². The minimum Gasteiger partial charge on any atom is -0.326 e. The van der Waals surface area contributed by atoms with Crippen molar-refractivity contribution < 1.29 is 8.76 Å². The van der Waals surface area contributed by atoms with Gasteiger partial charge in [0.1, 0.15) is 6.33 Å². The van der Waals surface area contributed by atoms with E-state index in [4.69, 9.17) is 10.3 Å². The molecule has 0 radical (unpaired) electrons. The van der Waals surface area contributed by atoms with E-state index in [1.807, 2.05) is 24.3 Å². The number of nitrogens with zero attached hydrogens (tertiary/aromatic N) is 2. The van der Waals surface area contributed by atoms with Gasteiger partial charge in [-0.15, -0.1) is 0 Å². The molecule has 3 N–H and O–H groups in total. The van der Waals surface area contributed by atoms with Crippen molar-refractivity contribution in [2.24, 2.45) is 5.73 Å². The molecule has 5 nitrogen and oxygen atoms in total. The third-order valence-corrected chi connectivity index (χ3v) is 2.89. The van der Waals surface area contributed by atoms with Crippen LogP contribution in [0.3, 0.4) is 0 Å². The Balaban J connectivity index is 2.42. The molecular formula is C10H11N3O2S. The van der Waals surface area contributed by atoms with Gasteiger partial charge in [-0.2, -0.15) is 0 Å². The third-order valence-electron chi connectivity index (χ3n) is 2.26. The Kier molecular flexibility index (Phi) is 3.14. The van der Waals surface area contributed by atoms with Crippen LogP contribution in [0, 0.1) is 0 Å². The zero-order valence-electron chi connectivity index (χ0n) is 8.41. The van der Waals surface area contributed by atoms with E-state index in [1.54, 1.807) is 6.20 Å². The predicted molar refractivity (Wildman–Crippen MR) is 61.7 cm³/mol. The Hall–Kier alpha value is -1.50. The minimum atomic E-state index is -2.09. The largest absolute Gasteiger partial charge is 0.326 e. The lowest BCUT2D eigenvalue weighted by molar-refractivity contribution is 0.555. The van der Waals surface area contributed by atoms with Crippen molar-refractivity contribution >= 4 is 11.3 Å². The average Bonchev–Trinajstić information content (AvgIpc) is 2.78. The number of imidazole rings is 1. The fraction of sp³-hybridized carbons (Fsp3) is 0.100. The summed E-state index contributed by atoms with van der Waals surface area (Å²) in [5.41, 5.74) is 7.94. The van der Waals surface area contributed by atoms with E-state index in [0.717, 1.165) is 11.1 Å². The number of hydrogen-bond donors (Lipinski definition) is 2. The van der Waals surface area contributed by atoms with Gasteiger partial charge in [0.15, 0.2) is 0 Å². The lowest BCUT2D eigenvalue weighted by Crippen LogP contribution is -2.02. The maximum Gasteiger partial charge on any atom is 0.267 e. The van der Waals surface area contributed by atoms with Gasteiger partial charge in [-0.3, -0.25) is 4.55 Å². The molecular weight excluding hydrogens is 226 g/mol. The Bertz CT molecular complexity index is 507. The van der Waals surface area contributed by atoms with Crippen LogP contribution in [0.1, 0.15) is 5.56 Å². The molecule has 2 rings (SSSR count). The van der Waals surface area contributed by atoms with E-state index in [1.165, 1.54) is 10.3 Å². The van der Waals surface area contributed by atoms with Crippen molar-refractivity contribution in [3.63, 3.8) is 0 Å². The van der Waals surface area contributed by atoms with E-state index in [9.17, 15) is 4.21 Å². The third kappa shape index (κ3) is 2.04. The second kappa shape index (κ2) is 4.56. The molecule has 16 heavy (non-hydrogen) atoms. The summed E-state index contributed by atoms with van der Waals surface area (Å²) in [6, 6.07) is 7.46. The molecule has 1 heterocycles. The second-order valence-electron chi connectivity index (χ2n) is 3.24. The van der Waals surface area contributed by atoms with Crippen LogP contribution in [-0.4, -0.2) is 17.7 Å². The molecule has 0 saturated carbocycles. The molecule has 1 unspecified atom stereocenters. The first-order valence-electron chi connectivity index (χ1n) is 4.65. The molecule has 6 heteroatoms. The Morgan fingerprint density at radius 2 is 2.06 bits per heavy atom. The Morgan fingerprint density at radius 1 is 1.38 bits per heavy atom. The molecule has 84 valence electrons. The van der Waals surface area contributed by atoms with Gasteiger partial charge in [-0.1, -0.05) is 24.3 Å². The van der Waals surface area contributed by atoms with Crippen LogP contribution in [0.25, 0.3) is 11.3 Å². The molecule has 2 aromatic rings. The van der Waals surface area contributed by atoms with E-state index in [-0.39, 0.29) is 0 Å². The highest BCUT2D eigenvalue weighted by Gasteiger charge is 2.08. The summed E-state index contributed by atoms with van der Waals surface area (Å²) >= 11 is -2.09. The van der Waals surface area contributed by atoms with Gasteiger partial charge in [0, 0.05) is 12.1 Å². The van der Waals surface area contributed by atoms with Crippen LogP contribution in [0.4, 0.5) is 0 Å². The molecule has 0 bridgehead atoms. The van der Waals surface area contributed by atoms with Crippen LogP contribution < -0.4 is 5.73 Å². The summed E-state index contributed by atoms with van der Waals surface area (Å²) in [7, 11) is 0. The second-order valence-corrected chi connectivity index (χ2v) is 4.09. The van der Waals surface area contributed by atoms with Crippen molar-refractivity contribution in [1.82, 2.24) is 8.96 Å². The van der Waals surface area contributed by atoms with Gasteiger partial charge in [0.2, 0.25) is 0 Å². The summed E-state index contributed by atoms with van der Waals surface area (Å²) < 4.78 is 21.2. The molecule has 1 aromatic carbocycles. The van der Waals surface area contributed by atoms with Crippen LogP contribution >= 0.6 is 0 Å². The smallest absolute Gasteiger partial charge is 0.267 e. The van der Waals surface area contributed by atoms with Gasteiger partial charge < -0.3 is 5.73 Å². The van der Waals surface area contributed by atoms with Gasteiger partial charge in [0.25, 0.3) is 11.3 Å². The van der Waals surface area contributed by atoms with Gasteiger partial charge in [0.05, 0.1) is 11.9 Å². The normalized spacial score (nSPS) is 12.6.